The summed E-state index contributed by atoms with van der Waals surface area (Å²) >= 11 is 0. The number of nitrogens with two attached hydrogens (primary N) is 1. The largest absolute Gasteiger partial charge is 0.433 e. The van der Waals surface area contributed by atoms with Crippen LogP contribution < -0.4 is 16.4 Å². The van der Waals surface area contributed by atoms with Crippen LogP contribution in [-0.2, 0) is 12.4 Å². The molecule has 0 radical (unpaired) electrons. The molecular formula is C18H17F6N7. The van der Waals surface area contributed by atoms with Crippen molar-refractivity contribution >= 4 is 17.5 Å². The molecule has 13 heteroatoms. The van der Waals surface area contributed by atoms with Crippen LogP contribution in [0.15, 0.2) is 46.6 Å². The molecule has 1 atom stereocenters. The molecule has 0 saturated carbocycles. The Balaban J connectivity index is 2.01. The number of hydrogen-bond acceptors (Lipinski definition) is 7. The maximum Gasteiger partial charge on any atom is 0.433 e. The van der Waals surface area contributed by atoms with Gasteiger partial charge in [0.05, 0.1) is 17.4 Å². The third kappa shape index (κ3) is 5.10. The molecular weight excluding hydrogens is 428 g/mol. The lowest BCUT2D eigenvalue weighted by Crippen LogP contribution is -2.61. The van der Waals surface area contributed by atoms with E-state index in [1.807, 2.05) is 0 Å². The van der Waals surface area contributed by atoms with Crippen LogP contribution in [0.5, 0.6) is 0 Å². The number of alkyl halides is 6. The van der Waals surface area contributed by atoms with E-state index in [1.54, 1.807) is 13.8 Å². The first-order chi connectivity index (χ1) is 14.3. The van der Waals surface area contributed by atoms with Gasteiger partial charge in [0, 0.05) is 12.1 Å². The summed E-state index contributed by atoms with van der Waals surface area (Å²) in [5.74, 6) is -2.23. The molecule has 1 unspecified atom stereocenters. The summed E-state index contributed by atoms with van der Waals surface area (Å²) in [6.07, 6.45) is -7.53. The molecule has 0 spiro atoms. The van der Waals surface area contributed by atoms with E-state index in [4.69, 9.17) is 5.73 Å². The van der Waals surface area contributed by atoms with Crippen LogP contribution in [0, 0.1) is 5.92 Å². The molecule has 31 heavy (non-hydrogen) atoms. The number of guanidine groups is 1. The van der Waals surface area contributed by atoms with E-state index in [1.165, 1.54) is 6.07 Å². The molecule has 166 valence electrons. The zero-order valence-electron chi connectivity index (χ0n) is 16.2. The molecule has 0 saturated heterocycles. The van der Waals surface area contributed by atoms with Gasteiger partial charge in [-0.2, -0.15) is 31.3 Å². The zero-order valence-corrected chi connectivity index (χ0v) is 16.2. The highest BCUT2D eigenvalue weighted by atomic mass is 19.4. The molecule has 2 aromatic heterocycles. The Morgan fingerprint density at radius 2 is 1.77 bits per heavy atom. The van der Waals surface area contributed by atoms with Gasteiger partial charge in [0.25, 0.3) is 0 Å². The smallest absolute Gasteiger partial charge is 0.332 e. The van der Waals surface area contributed by atoms with Crippen LogP contribution in [0.4, 0.5) is 32.0 Å². The lowest BCUT2D eigenvalue weighted by molar-refractivity contribution is -0.141. The second kappa shape index (κ2) is 7.80. The maximum absolute atomic E-state index is 13.0. The second-order valence-corrected chi connectivity index (χ2v) is 6.99. The average Bonchev–Trinajstić information content (AvgIpc) is 2.66. The predicted molar refractivity (Wildman–Crippen MR) is 101 cm³/mol. The summed E-state index contributed by atoms with van der Waals surface area (Å²) in [4.78, 5) is 15.3. The highest BCUT2D eigenvalue weighted by Crippen LogP contribution is 2.30. The van der Waals surface area contributed by atoms with Gasteiger partial charge in [-0.3, -0.25) is 10.7 Å². The number of hydrogen-bond donors (Lipinski definition) is 3. The Morgan fingerprint density at radius 1 is 1.06 bits per heavy atom. The van der Waals surface area contributed by atoms with Crippen LogP contribution in [0.1, 0.15) is 30.8 Å². The first-order valence-electron chi connectivity index (χ1n) is 8.87. The van der Waals surface area contributed by atoms with Gasteiger partial charge >= 0.3 is 12.4 Å². The van der Waals surface area contributed by atoms with Crippen molar-refractivity contribution in [1.82, 2.24) is 15.3 Å². The predicted octanol–water partition coefficient (Wildman–Crippen LogP) is 3.60. The maximum atomic E-state index is 13.0. The van der Waals surface area contributed by atoms with E-state index in [0.29, 0.717) is 6.20 Å². The van der Waals surface area contributed by atoms with Crippen LogP contribution in [0.2, 0.25) is 0 Å². The molecule has 0 bridgehead atoms. The first-order valence-corrected chi connectivity index (χ1v) is 8.87. The van der Waals surface area contributed by atoms with Gasteiger partial charge < -0.3 is 10.6 Å². The number of nitrogens with zero attached hydrogens (tertiary/aromatic N) is 4. The van der Waals surface area contributed by atoms with Gasteiger partial charge in [0.2, 0.25) is 5.96 Å². The topological polar surface area (TPSA) is 101 Å². The van der Waals surface area contributed by atoms with E-state index < -0.39 is 29.4 Å². The summed E-state index contributed by atoms with van der Waals surface area (Å²) in [6.45, 7) is 3.39. The Hall–Kier alpha value is -3.22. The van der Waals surface area contributed by atoms with Crippen molar-refractivity contribution in [1.29, 1.82) is 0 Å². The van der Waals surface area contributed by atoms with Gasteiger partial charge in [-0.05, 0) is 18.2 Å². The van der Waals surface area contributed by atoms with Crippen LogP contribution in [-0.4, -0.2) is 27.5 Å². The van der Waals surface area contributed by atoms with E-state index in [2.05, 4.69) is 30.6 Å². The third-order valence-electron chi connectivity index (χ3n) is 4.31. The van der Waals surface area contributed by atoms with Crippen molar-refractivity contribution in [2.24, 2.45) is 21.6 Å². The normalized spacial score (nSPS) is 19.5. The molecule has 1 aliphatic rings. The number of pyridine rings is 2. The van der Waals surface area contributed by atoms with Crippen molar-refractivity contribution < 1.29 is 26.3 Å². The minimum absolute atomic E-state index is 0.0818. The van der Waals surface area contributed by atoms with Crippen LogP contribution >= 0.6 is 0 Å². The number of nitrogens with one attached hydrogen (secondary N) is 2. The fourth-order valence-electron chi connectivity index (χ4n) is 2.52. The first kappa shape index (κ1) is 22.5. The summed E-state index contributed by atoms with van der Waals surface area (Å²) in [6, 6.07) is 4.03. The minimum Gasteiger partial charge on any atom is -0.332 e. The number of aliphatic imine (C=N–C) groups is 2. The zero-order chi connectivity index (χ0) is 23.0. The Bertz CT molecular complexity index is 1030. The SMILES string of the molecule is CC(C)C1(N)N=C(Nc2cncc(C(F)(F)F)c2)N=C(c2cccc(C(F)(F)F)n2)N1. The van der Waals surface area contributed by atoms with Crippen LogP contribution in [0.25, 0.3) is 0 Å². The molecule has 0 aliphatic carbocycles. The Labute approximate surface area is 172 Å². The summed E-state index contributed by atoms with van der Waals surface area (Å²) in [7, 11) is 0. The number of halogens is 6. The molecule has 2 aromatic rings. The molecule has 3 rings (SSSR count). The fraction of sp³-hybridized carbons (Fsp3) is 0.333. The minimum atomic E-state index is -4.68. The number of amidine groups is 1. The van der Waals surface area contributed by atoms with Gasteiger partial charge in [0.1, 0.15) is 11.4 Å². The monoisotopic (exact) mass is 445 g/mol. The average molecular weight is 445 g/mol. The fourth-order valence-corrected chi connectivity index (χ4v) is 2.52. The lowest BCUT2D eigenvalue weighted by Gasteiger charge is -2.34. The number of aromatic nitrogens is 2. The number of anilines is 1. The van der Waals surface area contributed by atoms with Crippen molar-refractivity contribution in [3.8, 4) is 0 Å². The highest BCUT2D eigenvalue weighted by Gasteiger charge is 2.37. The van der Waals surface area contributed by atoms with E-state index in [-0.39, 0.29) is 29.1 Å². The molecule has 4 N–H and O–H groups in total. The highest BCUT2D eigenvalue weighted by molar-refractivity contribution is 6.10. The molecule has 3 heterocycles. The van der Waals surface area contributed by atoms with Crippen molar-refractivity contribution in [2.45, 2.75) is 32.0 Å². The van der Waals surface area contributed by atoms with Crippen LogP contribution in [0.3, 0.4) is 0 Å². The quantitative estimate of drug-likeness (QED) is 0.627. The Kier molecular flexibility index (Phi) is 5.65. The van der Waals surface area contributed by atoms with E-state index in [0.717, 1.165) is 24.4 Å². The number of rotatable bonds is 3. The molecule has 1 aliphatic heterocycles. The van der Waals surface area contributed by atoms with Crippen molar-refractivity contribution in [3.63, 3.8) is 0 Å². The van der Waals surface area contributed by atoms with E-state index in [9.17, 15) is 26.3 Å². The van der Waals surface area contributed by atoms with Crippen molar-refractivity contribution in [3.05, 3.63) is 53.6 Å². The summed E-state index contributed by atoms with van der Waals surface area (Å²) in [5.41, 5.74) is 3.85. The van der Waals surface area contributed by atoms with Gasteiger partial charge in [0.15, 0.2) is 11.6 Å². The van der Waals surface area contributed by atoms with Crippen molar-refractivity contribution in [2.75, 3.05) is 5.32 Å². The summed E-state index contributed by atoms with van der Waals surface area (Å²) < 4.78 is 77.9. The molecule has 0 fully saturated rings. The lowest BCUT2D eigenvalue weighted by atomic mass is 10.1. The van der Waals surface area contributed by atoms with Gasteiger partial charge in [-0.1, -0.05) is 19.9 Å². The molecule has 0 amide bonds. The van der Waals surface area contributed by atoms with Gasteiger partial charge in [-0.15, -0.1) is 0 Å². The molecule has 7 nitrogen and oxygen atoms in total. The Morgan fingerprint density at radius 3 is 2.39 bits per heavy atom. The third-order valence-corrected chi connectivity index (χ3v) is 4.31. The van der Waals surface area contributed by atoms with Gasteiger partial charge in [-0.25, -0.2) is 9.98 Å². The summed E-state index contributed by atoms with van der Waals surface area (Å²) in [5, 5.41) is 5.33. The molecule has 0 aromatic carbocycles. The second-order valence-electron chi connectivity index (χ2n) is 6.99. The standard InChI is InChI=1S/C18H17F6N7/c1-9(2)18(25)30-14(12-4-3-5-13(28-12)17(22,23)24)29-15(31-18)27-11-6-10(7-26-8-11)16(19,20)21/h3-9H,25H2,1-2H3,(H2,27,29,30,31). The van der Waals surface area contributed by atoms with E-state index >= 15 is 0 Å².